The SMILES string of the molecule is CC1OC(OCC2OC(OC(=O)Oc3c[nH]c4ccccc34)C(O)C(O)C2O)C(O)C(O)C1O. The van der Waals surface area contributed by atoms with Crippen molar-refractivity contribution < 1.29 is 59.1 Å². The number of aromatic nitrogens is 1. The van der Waals surface area contributed by atoms with Crippen molar-refractivity contribution in [3.8, 4) is 5.75 Å². The van der Waals surface area contributed by atoms with E-state index in [9.17, 15) is 35.4 Å². The summed E-state index contributed by atoms with van der Waals surface area (Å²) in [7, 11) is 0. The van der Waals surface area contributed by atoms with Crippen LogP contribution in [0.4, 0.5) is 4.79 Å². The first-order valence-corrected chi connectivity index (χ1v) is 10.6. The van der Waals surface area contributed by atoms with Crippen LogP contribution in [-0.4, -0.2) is 110 Å². The third-order valence-electron chi connectivity index (χ3n) is 5.86. The van der Waals surface area contributed by atoms with Gasteiger partial charge in [-0.15, -0.1) is 0 Å². The molecule has 34 heavy (non-hydrogen) atoms. The average Bonchev–Trinajstić information content (AvgIpc) is 3.22. The number of fused-ring (bicyclic) bond motifs is 1. The molecule has 13 heteroatoms. The van der Waals surface area contributed by atoms with Gasteiger partial charge < -0.3 is 59.3 Å². The Morgan fingerprint density at radius 3 is 2.35 bits per heavy atom. The molecule has 0 radical (unpaired) electrons. The second-order valence-electron chi connectivity index (χ2n) is 8.20. The van der Waals surface area contributed by atoms with Crippen LogP contribution in [0.25, 0.3) is 10.9 Å². The molecule has 10 atom stereocenters. The van der Waals surface area contributed by atoms with Crippen LogP contribution in [-0.2, 0) is 18.9 Å². The number of carbonyl (C=O) groups excluding carboxylic acids is 1. The van der Waals surface area contributed by atoms with Gasteiger partial charge >= 0.3 is 6.16 Å². The highest BCUT2D eigenvalue weighted by Gasteiger charge is 2.47. The third kappa shape index (κ3) is 4.88. The summed E-state index contributed by atoms with van der Waals surface area (Å²) in [5.74, 6) is 0.171. The van der Waals surface area contributed by atoms with Crippen LogP contribution in [0.3, 0.4) is 0 Å². The molecule has 2 saturated heterocycles. The average molecular weight is 485 g/mol. The summed E-state index contributed by atoms with van der Waals surface area (Å²) in [6.45, 7) is 0.977. The highest BCUT2D eigenvalue weighted by Crippen LogP contribution is 2.28. The Labute approximate surface area is 193 Å². The largest absolute Gasteiger partial charge is 0.516 e. The Hall–Kier alpha value is -2.33. The maximum absolute atomic E-state index is 12.3. The Morgan fingerprint density at radius 2 is 1.59 bits per heavy atom. The minimum absolute atomic E-state index is 0.171. The molecule has 2 aromatic rings. The van der Waals surface area contributed by atoms with E-state index in [1.807, 2.05) is 0 Å². The first-order chi connectivity index (χ1) is 16.2. The van der Waals surface area contributed by atoms with Gasteiger partial charge in [0.05, 0.1) is 12.7 Å². The number of aliphatic hydroxyl groups excluding tert-OH is 6. The molecule has 1 aromatic carbocycles. The van der Waals surface area contributed by atoms with Crippen molar-refractivity contribution in [1.29, 1.82) is 0 Å². The van der Waals surface area contributed by atoms with Gasteiger partial charge in [-0.05, 0) is 19.1 Å². The number of hydrogen-bond acceptors (Lipinski definition) is 12. The number of rotatable bonds is 5. The number of benzene rings is 1. The van der Waals surface area contributed by atoms with E-state index in [4.69, 9.17) is 23.7 Å². The van der Waals surface area contributed by atoms with Crippen molar-refractivity contribution in [3.63, 3.8) is 0 Å². The quantitative estimate of drug-likeness (QED) is 0.238. The van der Waals surface area contributed by atoms with Crippen LogP contribution < -0.4 is 4.74 Å². The lowest BCUT2D eigenvalue weighted by molar-refractivity contribution is -0.322. The first kappa shape index (κ1) is 24.8. The van der Waals surface area contributed by atoms with Crippen LogP contribution in [0.15, 0.2) is 30.5 Å². The lowest BCUT2D eigenvalue weighted by atomic mass is 9.99. The van der Waals surface area contributed by atoms with Gasteiger partial charge in [0.2, 0.25) is 6.29 Å². The molecule has 0 aliphatic carbocycles. The van der Waals surface area contributed by atoms with E-state index >= 15 is 0 Å². The van der Waals surface area contributed by atoms with Crippen molar-refractivity contribution in [2.24, 2.45) is 0 Å². The number of H-pyrrole nitrogens is 1. The number of carbonyl (C=O) groups is 1. The molecule has 2 aliphatic rings. The van der Waals surface area contributed by atoms with Gasteiger partial charge in [-0.3, -0.25) is 0 Å². The molecule has 10 unspecified atom stereocenters. The zero-order valence-corrected chi connectivity index (χ0v) is 18.0. The number of ether oxygens (including phenoxy) is 5. The van der Waals surface area contributed by atoms with E-state index in [1.165, 1.54) is 13.1 Å². The van der Waals surface area contributed by atoms with Crippen LogP contribution >= 0.6 is 0 Å². The minimum atomic E-state index is -1.80. The van der Waals surface area contributed by atoms with Gasteiger partial charge in [-0.2, -0.15) is 0 Å². The molecular formula is C21H27NO12. The van der Waals surface area contributed by atoms with Crippen molar-refractivity contribution in [3.05, 3.63) is 30.5 Å². The summed E-state index contributed by atoms with van der Waals surface area (Å²) in [6, 6.07) is 7.03. The van der Waals surface area contributed by atoms with Gasteiger partial charge in [0, 0.05) is 17.1 Å². The molecule has 2 aliphatic heterocycles. The molecule has 0 bridgehead atoms. The van der Waals surface area contributed by atoms with Gasteiger partial charge in [-0.25, -0.2) is 4.79 Å². The fourth-order valence-corrected chi connectivity index (χ4v) is 3.83. The molecule has 1 aromatic heterocycles. The number of aliphatic hydroxyl groups is 6. The monoisotopic (exact) mass is 485 g/mol. The molecule has 0 spiro atoms. The van der Waals surface area contributed by atoms with Crippen LogP contribution in [0, 0.1) is 0 Å². The van der Waals surface area contributed by atoms with E-state index in [-0.39, 0.29) is 5.75 Å². The molecular weight excluding hydrogens is 458 g/mol. The molecule has 13 nitrogen and oxygen atoms in total. The highest BCUT2D eigenvalue weighted by atomic mass is 16.8. The lowest BCUT2D eigenvalue weighted by Crippen LogP contribution is -2.61. The molecule has 188 valence electrons. The van der Waals surface area contributed by atoms with Crippen LogP contribution in [0.2, 0.25) is 0 Å². The Balaban J connectivity index is 1.37. The van der Waals surface area contributed by atoms with Crippen molar-refractivity contribution in [2.75, 3.05) is 6.61 Å². The van der Waals surface area contributed by atoms with Crippen molar-refractivity contribution in [2.45, 2.75) is 68.3 Å². The number of para-hydroxylation sites is 1. The fourth-order valence-electron chi connectivity index (χ4n) is 3.83. The van der Waals surface area contributed by atoms with E-state index in [2.05, 4.69) is 4.98 Å². The standard InChI is InChI=1S/C21H27NO12/c1-8-13(23)15(25)17(27)19(31-8)30-7-12-14(24)16(26)18(28)20(32-12)34-21(29)33-11-6-22-10-5-3-2-4-9(10)11/h2-6,8,12-20,22-28H,7H2,1H3. The first-order valence-electron chi connectivity index (χ1n) is 10.6. The van der Waals surface area contributed by atoms with E-state index < -0.39 is 74.2 Å². The van der Waals surface area contributed by atoms with Gasteiger partial charge in [0.1, 0.15) is 42.7 Å². The molecule has 0 saturated carbocycles. The minimum Gasteiger partial charge on any atom is -0.401 e. The predicted molar refractivity (Wildman–Crippen MR) is 110 cm³/mol. The summed E-state index contributed by atoms with van der Waals surface area (Å²) in [5, 5.41) is 60.9. The summed E-state index contributed by atoms with van der Waals surface area (Å²) < 4.78 is 26.2. The second kappa shape index (κ2) is 10.1. The molecule has 2 fully saturated rings. The third-order valence-corrected chi connectivity index (χ3v) is 5.86. The lowest BCUT2D eigenvalue weighted by Gasteiger charge is -2.42. The fraction of sp³-hybridized carbons (Fsp3) is 0.571. The topological polar surface area (TPSA) is 200 Å². The van der Waals surface area contributed by atoms with Gasteiger partial charge in [-0.1, -0.05) is 12.1 Å². The molecule has 0 amide bonds. The number of nitrogens with one attached hydrogen (secondary N) is 1. The maximum atomic E-state index is 12.3. The summed E-state index contributed by atoms with van der Waals surface area (Å²) in [5.41, 5.74) is 0.717. The van der Waals surface area contributed by atoms with E-state index in [0.717, 1.165) is 0 Å². The zero-order valence-electron chi connectivity index (χ0n) is 18.0. The zero-order chi connectivity index (χ0) is 24.6. The normalized spacial score (nSPS) is 38.6. The smallest absolute Gasteiger partial charge is 0.401 e. The summed E-state index contributed by atoms with van der Waals surface area (Å²) in [6.07, 6.45) is -14.7. The van der Waals surface area contributed by atoms with Gasteiger partial charge in [0.15, 0.2) is 12.0 Å². The summed E-state index contributed by atoms with van der Waals surface area (Å²) in [4.78, 5) is 15.2. The Bertz CT molecular complexity index is 984. The van der Waals surface area contributed by atoms with Crippen LogP contribution in [0.5, 0.6) is 5.75 Å². The predicted octanol–water partition coefficient (Wildman–Crippen LogP) is -1.66. The van der Waals surface area contributed by atoms with E-state index in [0.29, 0.717) is 10.9 Å². The van der Waals surface area contributed by atoms with Crippen LogP contribution in [0.1, 0.15) is 6.92 Å². The van der Waals surface area contributed by atoms with E-state index in [1.54, 1.807) is 24.3 Å². The molecule has 3 heterocycles. The summed E-state index contributed by atoms with van der Waals surface area (Å²) >= 11 is 0. The Kier molecular flexibility index (Phi) is 7.37. The van der Waals surface area contributed by atoms with Gasteiger partial charge in [0.25, 0.3) is 0 Å². The number of hydrogen-bond donors (Lipinski definition) is 7. The van der Waals surface area contributed by atoms with Crippen molar-refractivity contribution >= 4 is 17.1 Å². The Morgan fingerprint density at radius 1 is 0.912 bits per heavy atom. The maximum Gasteiger partial charge on any atom is 0.516 e. The molecule has 7 N–H and O–H groups in total. The number of aromatic amines is 1. The molecule has 4 rings (SSSR count). The van der Waals surface area contributed by atoms with Crippen molar-refractivity contribution in [1.82, 2.24) is 4.98 Å². The second-order valence-corrected chi connectivity index (χ2v) is 8.20. The highest BCUT2D eigenvalue weighted by molar-refractivity contribution is 5.87.